The van der Waals surface area contributed by atoms with Crippen LogP contribution in [0.2, 0.25) is 0 Å². The molecular formula is C16H23O9. The van der Waals surface area contributed by atoms with Crippen molar-refractivity contribution < 1.29 is 42.9 Å². The summed E-state index contributed by atoms with van der Waals surface area (Å²) in [6.07, 6.45) is -4.72. The van der Waals surface area contributed by atoms with Gasteiger partial charge in [-0.1, -0.05) is 6.92 Å². The summed E-state index contributed by atoms with van der Waals surface area (Å²) in [6.45, 7) is 8.24. The lowest BCUT2D eigenvalue weighted by Gasteiger charge is -2.44. The van der Waals surface area contributed by atoms with E-state index in [1.165, 1.54) is 27.7 Å². The van der Waals surface area contributed by atoms with Gasteiger partial charge < -0.3 is 23.7 Å². The Kier molecular flexibility index (Phi) is 7.82. The number of carbonyl (C=O) groups excluding carboxylic acids is 4. The highest BCUT2D eigenvalue weighted by Gasteiger charge is 2.51. The molecule has 0 unspecified atom stereocenters. The topological polar surface area (TPSA) is 114 Å². The molecule has 141 valence electrons. The second-order valence-electron chi connectivity index (χ2n) is 5.53. The molecule has 0 aromatic carbocycles. The molecule has 0 saturated carbocycles. The van der Waals surface area contributed by atoms with Crippen LogP contribution in [-0.2, 0) is 42.9 Å². The van der Waals surface area contributed by atoms with Gasteiger partial charge in [0, 0.05) is 27.7 Å². The molecule has 0 spiro atoms. The van der Waals surface area contributed by atoms with E-state index in [9.17, 15) is 19.2 Å². The third-order valence-corrected chi connectivity index (χ3v) is 3.37. The first-order chi connectivity index (χ1) is 11.6. The van der Waals surface area contributed by atoms with E-state index >= 15 is 0 Å². The molecule has 5 atom stereocenters. The van der Waals surface area contributed by atoms with Crippen molar-refractivity contribution in [3.63, 3.8) is 0 Å². The summed E-state index contributed by atoms with van der Waals surface area (Å²) in [4.78, 5) is 45.5. The summed E-state index contributed by atoms with van der Waals surface area (Å²) in [7, 11) is 0. The van der Waals surface area contributed by atoms with Gasteiger partial charge in [0.2, 0.25) is 0 Å². The SMILES string of the molecule is [CH2]C[C@H]1O[C@H](COC(C)=O)[C@@H](OC(C)=O)[C@H](OC(C)=O)[C@@H]1OC(C)=O. The first kappa shape index (κ1) is 20.9. The average Bonchev–Trinajstić information content (AvgIpc) is 2.48. The molecule has 0 N–H and O–H groups in total. The Morgan fingerprint density at radius 1 is 0.760 bits per heavy atom. The smallest absolute Gasteiger partial charge is 0.303 e. The molecule has 0 bridgehead atoms. The summed E-state index contributed by atoms with van der Waals surface area (Å²) < 4.78 is 26.3. The van der Waals surface area contributed by atoms with Gasteiger partial charge in [-0.25, -0.2) is 0 Å². The van der Waals surface area contributed by atoms with Crippen molar-refractivity contribution in [2.75, 3.05) is 6.61 Å². The predicted molar refractivity (Wildman–Crippen MR) is 81.9 cm³/mol. The van der Waals surface area contributed by atoms with Crippen LogP contribution in [-0.4, -0.2) is 61.0 Å². The maximum absolute atomic E-state index is 11.5. The van der Waals surface area contributed by atoms with Gasteiger partial charge in [-0.05, 0) is 6.42 Å². The quantitative estimate of drug-likeness (QED) is 0.489. The van der Waals surface area contributed by atoms with Gasteiger partial charge in [0.1, 0.15) is 12.7 Å². The van der Waals surface area contributed by atoms with Crippen molar-refractivity contribution >= 4 is 23.9 Å². The highest BCUT2D eigenvalue weighted by Crippen LogP contribution is 2.30. The van der Waals surface area contributed by atoms with Gasteiger partial charge in [-0.2, -0.15) is 0 Å². The van der Waals surface area contributed by atoms with Crippen LogP contribution < -0.4 is 0 Å². The largest absolute Gasteiger partial charge is 0.463 e. The minimum atomic E-state index is -1.12. The highest BCUT2D eigenvalue weighted by molar-refractivity contribution is 5.68. The zero-order chi connectivity index (χ0) is 19.1. The molecular weight excluding hydrogens is 336 g/mol. The first-order valence-corrected chi connectivity index (χ1v) is 7.75. The van der Waals surface area contributed by atoms with Crippen molar-refractivity contribution in [2.45, 2.75) is 64.6 Å². The van der Waals surface area contributed by atoms with E-state index in [1.54, 1.807) is 0 Å². The normalized spacial score (nSPS) is 28.6. The minimum absolute atomic E-state index is 0.180. The zero-order valence-corrected chi connectivity index (χ0v) is 14.7. The molecule has 1 radical (unpaired) electrons. The number of hydrogen-bond acceptors (Lipinski definition) is 9. The van der Waals surface area contributed by atoms with Crippen LogP contribution in [0, 0.1) is 6.92 Å². The van der Waals surface area contributed by atoms with E-state index in [1.807, 2.05) is 0 Å². The lowest BCUT2D eigenvalue weighted by atomic mass is 9.93. The minimum Gasteiger partial charge on any atom is -0.463 e. The Labute approximate surface area is 145 Å². The van der Waals surface area contributed by atoms with Crippen molar-refractivity contribution in [1.29, 1.82) is 0 Å². The van der Waals surface area contributed by atoms with Crippen LogP contribution in [0.25, 0.3) is 0 Å². The van der Waals surface area contributed by atoms with Gasteiger partial charge in [0.25, 0.3) is 0 Å². The van der Waals surface area contributed by atoms with Crippen LogP contribution in [0.4, 0.5) is 0 Å². The van der Waals surface area contributed by atoms with E-state index in [-0.39, 0.29) is 13.0 Å². The Morgan fingerprint density at radius 2 is 1.20 bits per heavy atom. The zero-order valence-electron chi connectivity index (χ0n) is 14.7. The molecule has 0 aliphatic carbocycles. The molecule has 1 fully saturated rings. The summed E-state index contributed by atoms with van der Waals surface area (Å²) in [5.41, 5.74) is 0. The molecule has 1 aliphatic rings. The summed E-state index contributed by atoms with van der Waals surface area (Å²) in [5.74, 6) is -2.49. The van der Waals surface area contributed by atoms with Gasteiger partial charge in [-0.15, -0.1) is 0 Å². The Hall–Kier alpha value is -2.16. The molecule has 9 heteroatoms. The molecule has 0 amide bonds. The maximum atomic E-state index is 11.5. The second-order valence-corrected chi connectivity index (χ2v) is 5.53. The Bertz CT molecular complexity index is 516. The molecule has 25 heavy (non-hydrogen) atoms. The van der Waals surface area contributed by atoms with Gasteiger partial charge >= 0.3 is 23.9 Å². The summed E-state index contributed by atoms with van der Waals surface area (Å²) >= 11 is 0. The Balaban J connectivity index is 3.18. The third-order valence-electron chi connectivity index (χ3n) is 3.37. The summed E-state index contributed by atoms with van der Waals surface area (Å²) in [6, 6.07) is 0. The lowest BCUT2D eigenvalue weighted by Crippen LogP contribution is -2.62. The van der Waals surface area contributed by atoms with Crippen molar-refractivity contribution in [1.82, 2.24) is 0 Å². The monoisotopic (exact) mass is 359 g/mol. The fraction of sp³-hybridized carbons (Fsp3) is 0.688. The predicted octanol–water partition coefficient (Wildman–Crippen LogP) is 0.336. The van der Waals surface area contributed by atoms with Crippen molar-refractivity contribution in [3.8, 4) is 0 Å². The molecule has 1 aliphatic heterocycles. The van der Waals surface area contributed by atoms with E-state index in [4.69, 9.17) is 23.7 Å². The molecule has 0 aromatic heterocycles. The molecule has 1 heterocycles. The van der Waals surface area contributed by atoms with Crippen LogP contribution in [0.15, 0.2) is 0 Å². The molecule has 9 nitrogen and oxygen atoms in total. The summed E-state index contributed by atoms with van der Waals surface area (Å²) in [5, 5.41) is 0. The fourth-order valence-electron chi connectivity index (χ4n) is 2.55. The number of carbonyl (C=O) groups is 4. The van der Waals surface area contributed by atoms with Gasteiger partial charge in [0.05, 0.1) is 6.10 Å². The van der Waals surface area contributed by atoms with Crippen molar-refractivity contribution in [2.24, 2.45) is 0 Å². The number of hydrogen-bond donors (Lipinski definition) is 0. The number of esters is 4. The van der Waals surface area contributed by atoms with Crippen LogP contribution in [0.1, 0.15) is 34.1 Å². The van der Waals surface area contributed by atoms with Crippen LogP contribution >= 0.6 is 0 Å². The van der Waals surface area contributed by atoms with E-state index in [0.717, 1.165) is 0 Å². The van der Waals surface area contributed by atoms with E-state index in [2.05, 4.69) is 6.92 Å². The fourth-order valence-corrected chi connectivity index (χ4v) is 2.55. The number of rotatable bonds is 6. The maximum Gasteiger partial charge on any atom is 0.303 e. The van der Waals surface area contributed by atoms with Crippen LogP contribution in [0.5, 0.6) is 0 Å². The molecule has 1 saturated heterocycles. The standard InChI is InChI=1S/C16H23O9/c1-6-12-14(22-9(3)18)16(24-11(5)20)15(23-10(4)19)13(25-12)7-21-8(2)17/h12-16H,1,6-7H2,2-5H3/t12-,13-,14-,15-,16-/m1/s1. The number of ether oxygens (including phenoxy) is 5. The first-order valence-electron chi connectivity index (χ1n) is 7.75. The van der Waals surface area contributed by atoms with Gasteiger partial charge in [-0.3, -0.25) is 19.2 Å². The lowest BCUT2D eigenvalue weighted by molar-refractivity contribution is -0.251. The molecule has 1 rings (SSSR count). The highest BCUT2D eigenvalue weighted by atomic mass is 16.7. The van der Waals surface area contributed by atoms with Crippen molar-refractivity contribution in [3.05, 3.63) is 6.92 Å². The van der Waals surface area contributed by atoms with E-state index < -0.39 is 54.4 Å². The molecule has 0 aromatic rings. The third kappa shape index (κ3) is 6.33. The van der Waals surface area contributed by atoms with E-state index in [0.29, 0.717) is 0 Å². The average molecular weight is 359 g/mol. The second kappa shape index (κ2) is 9.36. The van der Waals surface area contributed by atoms with Gasteiger partial charge in [0.15, 0.2) is 18.3 Å². The Morgan fingerprint density at radius 3 is 1.60 bits per heavy atom. The van der Waals surface area contributed by atoms with Crippen LogP contribution in [0.3, 0.4) is 0 Å².